The number of carbonyl (C=O) groups excluding carboxylic acids is 1. The Bertz CT molecular complexity index is 1220. The minimum Gasteiger partial charge on any atom is -0.480 e. The van der Waals surface area contributed by atoms with Crippen molar-refractivity contribution >= 4 is 12.0 Å². The van der Waals surface area contributed by atoms with Crippen LogP contribution in [0.15, 0.2) is 66.9 Å². The van der Waals surface area contributed by atoms with Crippen molar-refractivity contribution in [1.29, 1.82) is 0 Å². The van der Waals surface area contributed by atoms with Crippen molar-refractivity contribution < 1.29 is 14.7 Å². The number of urea groups is 1. The van der Waals surface area contributed by atoms with E-state index >= 15 is 0 Å². The summed E-state index contributed by atoms with van der Waals surface area (Å²) in [7, 11) is 0. The zero-order valence-electron chi connectivity index (χ0n) is 22.6. The molecule has 1 saturated heterocycles. The molecule has 0 aliphatic carbocycles. The number of carboxylic acids is 1. The molecule has 2 aromatic carbocycles. The van der Waals surface area contributed by atoms with E-state index in [2.05, 4.69) is 43.7 Å². The van der Waals surface area contributed by atoms with Crippen molar-refractivity contribution in [1.82, 2.24) is 19.4 Å². The standard InChI is InChI=1S/C30H39N5O3/c1-30(2,3)26(35(19-11-17-31)29(38)34-18-10-16-25(34)28(36)37)27-32-24(23-14-8-5-9-15-23)21-33(27)20-22-12-6-4-7-13-22/h4-9,12-15,21,25-26H,10-11,16-20,31H2,1-3H3,(H,36,37)/t25-,26-/m0/s1. The fraction of sp³-hybridized carbons (Fsp3) is 0.433. The van der Waals surface area contributed by atoms with Crippen LogP contribution in [-0.4, -0.2) is 62.1 Å². The molecular formula is C30H39N5O3. The second-order valence-corrected chi connectivity index (χ2v) is 11.0. The van der Waals surface area contributed by atoms with Crippen LogP contribution in [0.4, 0.5) is 4.79 Å². The van der Waals surface area contributed by atoms with Crippen molar-refractivity contribution in [3.8, 4) is 11.3 Å². The number of carboxylic acid groups (broad SMARTS) is 1. The minimum absolute atomic E-state index is 0.265. The molecule has 38 heavy (non-hydrogen) atoms. The van der Waals surface area contributed by atoms with Crippen LogP contribution in [0.25, 0.3) is 11.3 Å². The molecule has 4 rings (SSSR count). The number of benzene rings is 2. The molecule has 0 bridgehead atoms. The van der Waals surface area contributed by atoms with E-state index in [4.69, 9.17) is 10.7 Å². The van der Waals surface area contributed by atoms with Crippen molar-refractivity contribution in [2.75, 3.05) is 19.6 Å². The fourth-order valence-corrected chi connectivity index (χ4v) is 5.31. The maximum absolute atomic E-state index is 14.1. The summed E-state index contributed by atoms with van der Waals surface area (Å²) in [4.78, 5) is 34.5. The number of hydrogen-bond acceptors (Lipinski definition) is 4. The molecule has 1 aliphatic heterocycles. The molecule has 0 spiro atoms. The van der Waals surface area contributed by atoms with Gasteiger partial charge in [0.25, 0.3) is 0 Å². The molecule has 202 valence electrons. The molecule has 1 fully saturated rings. The predicted octanol–water partition coefficient (Wildman–Crippen LogP) is 5.01. The summed E-state index contributed by atoms with van der Waals surface area (Å²) in [6, 6.07) is 18.7. The molecule has 8 heteroatoms. The lowest BCUT2D eigenvalue weighted by molar-refractivity contribution is -0.141. The Morgan fingerprint density at radius 2 is 1.76 bits per heavy atom. The maximum Gasteiger partial charge on any atom is 0.326 e. The molecule has 8 nitrogen and oxygen atoms in total. The summed E-state index contributed by atoms with van der Waals surface area (Å²) < 4.78 is 2.13. The van der Waals surface area contributed by atoms with E-state index in [1.54, 1.807) is 0 Å². The summed E-state index contributed by atoms with van der Waals surface area (Å²) in [6.45, 7) is 8.17. The number of nitrogens with two attached hydrogens (primary N) is 1. The molecule has 0 unspecified atom stereocenters. The molecule has 3 aromatic rings. The Morgan fingerprint density at radius 1 is 1.11 bits per heavy atom. The van der Waals surface area contributed by atoms with Crippen LogP contribution in [0.2, 0.25) is 0 Å². The Morgan fingerprint density at radius 3 is 2.37 bits per heavy atom. The number of hydrogen-bond donors (Lipinski definition) is 2. The van der Waals surface area contributed by atoms with Gasteiger partial charge in [-0.05, 0) is 36.8 Å². The predicted molar refractivity (Wildman–Crippen MR) is 149 cm³/mol. The topological polar surface area (TPSA) is 105 Å². The molecule has 0 radical (unpaired) electrons. The van der Waals surface area contributed by atoms with E-state index in [1.165, 1.54) is 4.90 Å². The molecule has 3 N–H and O–H groups in total. The van der Waals surface area contributed by atoms with Gasteiger partial charge in [-0.15, -0.1) is 0 Å². The number of rotatable bonds is 9. The zero-order valence-corrected chi connectivity index (χ0v) is 22.6. The lowest BCUT2D eigenvalue weighted by Crippen LogP contribution is -2.52. The van der Waals surface area contributed by atoms with Gasteiger partial charge in [0.05, 0.1) is 11.7 Å². The molecule has 1 aliphatic rings. The third kappa shape index (κ3) is 6.07. The van der Waals surface area contributed by atoms with E-state index in [0.29, 0.717) is 45.4 Å². The third-order valence-corrected chi connectivity index (χ3v) is 7.08. The van der Waals surface area contributed by atoms with E-state index < -0.39 is 23.5 Å². The highest BCUT2D eigenvalue weighted by atomic mass is 16.4. The number of aliphatic carboxylic acids is 1. The number of aromatic nitrogens is 2. The quantitative estimate of drug-likeness (QED) is 0.415. The average molecular weight is 518 g/mol. The normalized spacial score (nSPS) is 16.4. The van der Waals surface area contributed by atoms with Gasteiger partial charge in [0.15, 0.2) is 0 Å². The lowest BCUT2D eigenvalue weighted by atomic mass is 9.84. The largest absolute Gasteiger partial charge is 0.480 e. The molecule has 2 amide bonds. The maximum atomic E-state index is 14.1. The van der Waals surface area contributed by atoms with Gasteiger partial charge in [0, 0.05) is 31.4 Å². The first-order valence-electron chi connectivity index (χ1n) is 13.4. The van der Waals surface area contributed by atoms with Crippen molar-refractivity contribution in [3.05, 3.63) is 78.2 Å². The Labute approximate surface area is 225 Å². The molecule has 2 atom stereocenters. The smallest absolute Gasteiger partial charge is 0.326 e. The van der Waals surface area contributed by atoms with E-state index in [-0.39, 0.29) is 6.03 Å². The Hall–Kier alpha value is -3.65. The van der Waals surface area contributed by atoms with Gasteiger partial charge in [-0.25, -0.2) is 14.6 Å². The van der Waals surface area contributed by atoms with Crippen LogP contribution in [0, 0.1) is 5.41 Å². The number of amides is 2. The minimum atomic E-state index is -0.959. The highest BCUT2D eigenvalue weighted by Gasteiger charge is 2.43. The fourth-order valence-electron chi connectivity index (χ4n) is 5.31. The zero-order chi connectivity index (χ0) is 27.3. The first-order chi connectivity index (χ1) is 18.2. The highest BCUT2D eigenvalue weighted by Crippen LogP contribution is 2.40. The van der Waals surface area contributed by atoms with E-state index in [1.807, 2.05) is 53.4 Å². The Balaban J connectivity index is 1.83. The van der Waals surface area contributed by atoms with Gasteiger partial charge in [-0.2, -0.15) is 0 Å². The number of imidazole rings is 1. The van der Waals surface area contributed by atoms with Gasteiger partial charge >= 0.3 is 12.0 Å². The van der Waals surface area contributed by atoms with Crippen LogP contribution in [0.1, 0.15) is 57.5 Å². The van der Waals surface area contributed by atoms with Gasteiger partial charge in [0.2, 0.25) is 0 Å². The molecule has 2 heterocycles. The number of likely N-dealkylation sites (tertiary alicyclic amines) is 1. The number of carbonyl (C=O) groups is 2. The summed E-state index contributed by atoms with van der Waals surface area (Å²) in [5.41, 5.74) is 8.47. The van der Waals surface area contributed by atoms with Gasteiger partial charge < -0.3 is 25.2 Å². The molecule has 1 aromatic heterocycles. The summed E-state index contributed by atoms with van der Waals surface area (Å²) in [5, 5.41) is 9.79. The average Bonchev–Trinajstić information content (AvgIpc) is 3.54. The van der Waals surface area contributed by atoms with Crippen LogP contribution in [0.5, 0.6) is 0 Å². The number of nitrogens with zero attached hydrogens (tertiary/aromatic N) is 4. The third-order valence-electron chi connectivity index (χ3n) is 7.08. The molecule has 0 saturated carbocycles. The van der Waals surface area contributed by atoms with Crippen LogP contribution in [-0.2, 0) is 11.3 Å². The van der Waals surface area contributed by atoms with Crippen LogP contribution < -0.4 is 5.73 Å². The van der Waals surface area contributed by atoms with Crippen molar-refractivity contribution in [2.45, 2.75) is 58.7 Å². The van der Waals surface area contributed by atoms with E-state index in [0.717, 1.165) is 22.6 Å². The monoisotopic (exact) mass is 517 g/mol. The molecular weight excluding hydrogens is 478 g/mol. The first-order valence-corrected chi connectivity index (χ1v) is 13.4. The Kier molecular flexibility index (Phi) is 8.52. The van der Waals surface area contributed by atoms with Crippen molar-refractivity contribution in [3.63, 3.8) is 0 Å². The van der Waals surface area contributed by atoms with Crippen molar-refractivity contribution in [2.24, 2.45) is 11.1 Å². The van der Waals surface area contributed by atoms with Crippen LogP contribution in [0.3, 0.4) is 0 Å². The summed E-state index contributed by atoms with van der Waals surface area (Å²) in [5.74, 6) is -0.185. The summed E-state index contributed by atoms with van der Waals surface area (Å²) in [6.07, 6.45) is 3.80. The van der Waals surface area contributed by atoms with E-state index in [9.17, 15) is 14.7 Å². The van der Waals surface area contributed by atoms with Gasteiger partial charge in [-0.3, -0.25) is 0 Å². The second-order valence-electron chi connectivity index (χ2n) is 11.0. The second kappa shape index (κ2) is 11.8. The SMILES string of the molecule is CC(C)(C)[C@H](c1nc(-c2ccccc2)cn1Cc1ccccc1)N(CCCN)C(=O)N1CCC[C@H]1C(=O)O. The van der Waals surface area contributed by atoms with Gasteiger partial charge in [-0.1, -0.05) is 81.4 Å². The lowest BCUT2D eigenvalue weighted by Gasteiger charge is -2.42. The van der Waals surface area contributed by atoms with Gasteiger partial charge in [0.1, 0.15) is 11.9 Å². The summed E-state index contributed by atoms with van der Waals surface area (Å²) >= 11 is 0. The van der Waals surface area contributed by atoms with Crippen LogP contribution >= 0.6 is 0 Å². The first kappa shape index (κ1) is 27.4. The highest BCUT2D eigenvalue weighted by molar-refractivity contribution is 5.83.